The van der Waals surface area contributed by atoms with Crippen LogP contribution in [0.1, 0.15) is 38.1 Å². The third-order valence-electron chi connectivity index (χ3n) is 4.64. The number of aryl methyl sites for hydroxylation is 1. The molecule has 0 aliphatic rings. The molecule has 2 heterocycles. The molecule has 0 saturated carbocycles. The number of furan rings is 1. The standard InChI is InChI=1S/C21H26FN5O3/c1-11(2)18(19-13(4)16-7-14(22)5-6-17(16)30-19)27-21(29)26-15-9-24-20(25-10-15)23-8-12(3)28/h5-7,9-12,18,28H,8H2,1-4H3,(H,23,24,25)(H2,26,27,29)/t12-,18+/m0/s1. The molecule has 3 rings (SSSR count). The Morgan fingerprint density at radius 1 is 1.23 bits per heavy atom. The lowest BCUT2D eigenvalue weighted by Gasteiger charge is -2.21. The molecule has 0 bridgehead atoms. The van der Waals surface area contributed by atoms with Crippen molar-refractivity contribution in [3.63, 3.8) is 0 Å². The summed E-state index contributed by atoms with van der Waals surface area (Å²) in [5, 5.41) is 18.5. The Labute approximate surface area is 173 Å². The molecule has 8 nitrogen and oxygen atoms in total. The number of carbonyl (C=O) groups excluding carboxylic acids is 1. The van der Waals surface area contributed by atoms with Gasteiger partial charge in [0.15, 0.2) is 0 Å². The molecule has 1 aromatic carbocycles. The van der Waals surface area contributed by atoms with E-state index in [0.717, 1.165) is 5.56 Å². The van der Waals surface area contributed by atoms with E-state index in [1.165, 1.54) is 24.5 Å². The number of aromatic nitrogens is 2. The van der Waals surface area contributed by atoms with Crippen LogP contribution in [0, 0.1) is 18.7 Å². The highest BCUT2D eigenvalue weighted by molar-refractivity contribution is 5.89. The molecule has 2 atom stereocenters. The van der Waals surface area contributed by atoms with Gasteiger partial charge in [0.1, 0.15) is 17.2 Å². The van der Waals surface area contributed by atoms with Crippen LogP contribution in [-0.2, 0) is 0 Å². The summed E-state index contributed by atoms with van der Waals surface area (Å²) in [5.74, 6) is 0.640. The number of nitrogens with one attached hydrogen (secondary N) is 3. The van der Waals surface area contributed by atoms with Crippen molar-refractivity contribution in [2.45, 2.75) is 39.8 Å². The Morgan fingerprint density at radius 2 is 1.93 bits per heavy atom. The van der Waals surface area contributed by atoms with Gasteiger partial charge in [-0.3, -0.25) is 0 Å². The SMILES string of the molecule is Cc1c([C@H](NC(=O)Nc2cnc(NC[C@H](C)O)nc2)C(C)C)oc2ccc(F)cc12. The summed E-state index contributed by atoms with van der Waals surface area (Å²) in [4.78, 5) is 20.7. The third kappa shape index (κ3) is 5.04. The molecular formula is C21H26FN5O3. The van der Waals surface area contributed by atoms with Gasteiger partial charge in [-0.05, 0) is 38.0 Å². The molecule has 0 aliphatic carbocycles. The highest BCUT2D eigenvalue weighted by Crippen LogP contribution is 2.33. The summed E-state index contributed by atoms with van der Waals surface area (Å²) in [7, 11) is 0. The van der Waals surface area contributed by atoms with E-state index in [9.17, 15) is 14.3 Å². The number of halogens is 1. The topological polar surface area (TPSA) is 112 Å². The smallest absolute Gasteiger partial charge is 0.319 e. The largest absolute Gasteiger partial charge is 0.459 e. The molecule has 160 valence electrons. The molecule has 0 radical (unpaired) electrons. The van der Waals surface area contributed by atoms with E-state index in [1.807, 2.05) is 20.8 Å². The van der Waals surface area contributed by atoms with Crippen molar-refractivity contribution in [1.82, 2.24) is 15.3 Å². The number of hydrogen-bond acceptors (Lipinski definition) is 6. The van der Waals surface area contributed by atoms with Crippen LogP contribution in [0.2, 0.25) is 0 Å². The molecule has 4 N–H and O–H groups in total. The number of fused-ring (bicyclic) bond motifs is 1. The third-order valence-corrected chi connectivity index (χ3v) is 4.64. The normalized spacial score (nSPS) is 13.3. The Hall–Kier alpha value is -3.20. The minimum atomic E-state index is -0.525. The number of aliphatic hydroxyl groups is 1. The van der Waals surface area contributed by atoms with Gasteiger partial charge < -0.3 is 25.5 Å². The Morgan fingerprint density at radius 3 is 2.57 bits per heavy atom. The van der Waals surface area contributed by atoms with Crippen LogP contribution < -0.4 is 16.0 Å². The lowest BCUT2D eigenvalue weighted by molar-refractivity contribution is 0.208. The van der Waals surface area contributed by atoms with Gasteiger partial charge in [0.25, 0.3) is 0 Å². The molecule has 0 saturated heterocycles. The maximum atomic E-state index is 13.6. The van der Waals surface area contributed by atoms with Gasteiger partial charge in [0, 0.05) is 17.5 Å². The molecule has 30 heavy (non-hydrogen) atoms. The van der Waals surface area contributed by atoms with Crippen molar-refractivity contribution in [3.8, 4) is 0 Å². The van der Waals surface area contributed by atoms with Crippen molar-refractivity contribution >= 4 is 28.6 Å². The quantitative estimate of drug-likeness (QED) is 0.464. The second-order valence-corrected chi connectivity index (χ2v) is 7.58. The summed E-state index contributed by atoms with van der Waals surface area (Å²) >= 11 is 0. The number of urea groups is 1. The second-order valence-electron chi connectivity index (χ2n) is 7.58. The molecule has 0 spiro atoms. The second kappa shape index (κ2) is 9.08. The summed E-state index contributed by atoms with van der Waals surface area (Å²) < 4.78 is 19.5. The predicted octanol–water partition coefficient (Wildman–Crippen LogP) is 3.98. The van der Waals surface area contributed by atoms with Gasteiger partial charge in [-0.2, -0.15) is 0 Å². The maximum absolute atomic E-state index is 13.6. The zero-order chi connectivity index (χ0) is 21.8. The zero-order valence-corrected chi connectivity index (χ0v) is 17.4. The predicted molar refractivity (Wildman–Crippen MR) is 113 cm³/mol. The van der Waals surface area contributed by atoms with Crippen LogP contribution in [-0.4, -0.2) is 33.8 Å². The summed E-state index contributed by atoms with van der Waals surface area (Å²) in [6.45, 7) is 7.75. The Balaban J connectivity index is 1.71. The van der Waals surface area contributed by atoms with E-state index in [0.29, 0.717) is 34.9 Å². The van der Waals surface area contributed by atoms with Gasteiger partial charge >= 0.3 is 6.03 Å². The van der Waals surface area contributed by atoms with Crippen molar-refractivity contribution in [3.05, 3.63) is 47.7 Å². The minimum Gasteiger partial charge on any atom is -0.459 e. The average molecular weight is 415 g/mol. The number of benzene rings is 1. The molecule has 2 aromatic heterocycles. The van der Waals surface area contributed by atoms with Gasteiger partial charge in [0.05, 0.1) is 30.2 Å². The molecule has 9 heteroatoms. The van der Waals surface area contributed by atoms with E-state index in [-0.39, 0.29) is 11.7 Å². The number of carbonyl (C=O) groups is 1. The maximum Gasteiger partial charge on any atom is 0.319 e. The first-order valence-corrected chi connectivity index (χ1v) is 9.74. The van der Waals surface area contributed by atoms with E-state index < -0.39 is 18.2 Å². The van der Waals surface area contributed by atoms with Crippen LogP contribution >= 0.6 is 0 Å². The van der Waals surface area contributed by atoms with Crippen LogP contribution in [0.5, 0.6) is 0 Å². The van der Waals surface area contributed by atoms with Gasteiger partial charge in [-0.1, -0.05) is 13.8 Å². The van der Waals surface area contributed by atoms with Crippen LogP contribution in [0.3, 0.4) is 0 Å². The first-order valence-electron chi connectivity index (χ1n) is 9.74. The molecule has 0 unspecified atom stereocenters. The monoisotopic (exact) mass is 415 g/mol. The Kier molecular flexibility index (Phi) is 6.51. The fourth-order valence-electron chi connectivity index (χ4n) is 3.07. The molecule has 3 aromatic rings. The number of anilines is 2. The zero-order valence-electron chi connectivity index (χ0n) is 17.4. The van der Waals surface area contributed by atoms with Crippen molar-refractivity contribution in [1.29, 1.82) is 0 Å². The average Bonchev–Trinajstić information content (AvgIpc) is 3.01. The van der Waals surface area contributed by atoms with E-state index in [4.69, 9.17) is 4.42 Å². The first kappa shape index (κ1) is 21.5. The van der Waals surface area contributed by atoms with Crippen LogP contribution in [0.15, 0.2) is 35.0 Å². The van der Waals surface area contributed by atoms with E-state index in [1.54, 1.807) is 13.0 Å². The molecule has 0 fully saturated rings. The molecular weight excluding hydrogens is 389 g/mol. The van der Waals surface area contributed by atoms with E-state index >= 15 is 0 Å². The Bertz CT molecular complexity index is 1020. The van der Waals surface area contributed by atoms with Crippen molar-refractivity contribution in [2.24, 2.45) is 5.92 Å². The van der Waals surface area contributed by atoms with Gasteiger partial charge in [-0.25, -0.2) is 19.2 Å². The summed E-state index contributed by atoms with van der Waals surface area (Å²) in [6.07, 6.45) is 2.41. The number of aliphatic hydroxyl groups excluding tert-OH is 1. The highest BCUT2D eigenvalue weighted by atomic mass is 19.1. The van der Waals surface area contributed by atoms with Crippen molar-refractivity contribution in [2.75, 3.05) is 17.2 Å². The molecule has 2 amide bonds. The number of nitrogens with zero attached hydrogens (tertiary/aromatic N) is 2. The highest BCUT2D eigenvalue weighted by Gasteiger charge is 2.25. The number of hydrogen-bond donors (Lipinski definition) is 4. The summed E-state index contributed by atoms with van der Waals surface area (Å²) in [6, 6.07) is 3.52. The number of rotatable bonds is 7. The lowest BCUT2D eigenvalue weighted by atomic mass is 9.98. The summed E-state index contributed by atoms with van der Waals surface area (Å²) in [5.41, 5.74) is 1.78. The van der Waals surface area contributed by atoms with Crippen molar-refractivity contribution < 1.29 is 18.7 Å². The molecule has 0 aliphatic heterocycles. The lowest BCUT2D eigenvalue weighted by Crippen LogP contribution is -2.35. The van der Waals surface area contributed by atoms with Crippen LogP contribution in [0.4, 0.5) is 20.8 Å². The first-order chi connectivity index (χ1) is 14.2. The fraction of sp³-hybridized carbons (Fsp3) is 0.381. The number of amides is 2. The van der Waals surface area contributed by atoms with Gasteiger partial charge in [-0.15, -0.1) is 0 Å². The van der Waals surface area contributed by atoms with Gasteiger partial charge in [0.2, 0.25) is 5.95 Å². The minimum absolute atomic E-state index is 0.0307. The van der Waals surface area contributed by atoms with Crippen LogP contribution in [0.25, 0.3) is 11.0 Å². The van der Waals surface area contributed by atoms with E-state index in [2.05, 4.69) is 25.9 Å². The fourth-order valence-corrected chi connectivity index (χ4v) is 3.07.